The molecule has 1 fully saturated rings. The molecule has 2 atom stereocenters. The van der Waals surface area contributed by atoms with Crippen LogP contribution in [0.5, 0.6) is 0 Å². The minimum absolute atomic E-state index is 0.0393. The van der Waals surface area contributed by atoms with E-state index >= 15 is 0 Å². The van der Waals surface area contributed by atoms with Crippen molar-refractivity contribution >= 4 is 11.9 Å². The number of nitrogens with zero attached hydrogens (tertiary/aromatic N) is 1. The zero-order valence-electron chi connectivity index (χ0n) is 13.3. The first-order valence-corrected chi connectivity index (χ1v) is 8.01. The number of urea groups is 1. The van der Waals surface area contributed by atoms with Crippen molar-refractivity contribution in [1.82, 2.24) is 15.5 Å². The zero-order chi connectivity index (χ0) is 15.9. The summed E-state index contributed by atoms with van der Waals surface area (Å²) in [6.07, 6.45) is 0.783. The lowest BCUT2D eigenvalue weighted by molar-refractivity contribution is -0.126. The van der Waals surface area contributed by atoms with Crippen LogP contribution in [-0.4, -0.2) is 43.0 Å². The van der Waals surface area contributed by atoms with Crippen LogP contribution in [0, 0.1) is 5.92 Å². The van der Waals surface area contributed by atoms with Gasteiger partial charge >= 0.3 is 6.03 Å². The van der Waals surface area contributed by atoms with Gasteiger partial charge in [-0.25, -0.2) is 4.79 Å². The topological polar surface area (TPSA) is 61.4 Å². The smallest absolute Gasteiger partial charge is 0.317 e. The number of piperidine rings is 1. The van der Waals surface area contributed by atoms with Crippen LogP contribution in [0.4, 0.5) is 4.79 Å². The van der Waals surface area contributed by atoms with E-state index in [1.165, 1.54) is 5.56 Å². The highest BCUT2D eigenvalue weighted by atomic mass is 16.2. The number of amides is 3. The molecule has 22 heavy (non-hydrogen) atoms. The van der Waals surface area contributed by atoms with Crippen LogP contribution in [0.1, 0.15) is 31.7 Å². The Morgan fingerprint density at radius 1 is 1.09 bits per heavy atom. The van der Waals surface area contributed by atoms with Gasteiger partial charge in [0.05, 0.1) is 5.92 Å². The molecule has 2 rings (SSSR count). The molecule has 0 spiro atoms. The van der Waals surface area contributed by atoms with E-state index in [1.807, 2.05) is 32.0 Å². The highest BCUT2D eigenvalue weighted by Gasteiger charge is 2.34. The van der Waals surface area contributed by atoms with Crippen LogP contribution in [0.3, 0.4) is 0 Å². The van der Waals surface area contributed by atoms with Crippen molar-refractivity contribution in [3.8, 4) is 0 Å². The molecule has 1 saturated heterocycles. The summed E-state index contributed by atoms with van der Waals surface area (Å²) in [5.74, 6) is 0.0871. The van der Waals surface area contributed by atoms with Gasteiger partial charge in [0.15, 0.2) is 0 Å². The normalized spacial score (nSPS) is 21.3. The van der Waals surface area contributed by atoms with Crippen molar-refractivity contribution in [2.75, 3.05) is 26.2 Å². The number of hydrogen-bond donors (Lipinski definition) is 2. The van der Waals surface area contributed by atoms with E-state index < -0.39 is 0 Å². The summed E-state index contributed by atoms with van der Waals surface area (Å²) in [6.45, 7) is 6.17. The lowest BCUT2D eigenvalue weighted by Crippen LogP contribution is -2.51. The van der Waals surface area contributed by atoms with Gasteiger partial charge in [-0.2, -0.15) is 0 Å². The molecule has 2 unspecified atom stereocenters. The third-order valence-corrected chi connectivity index (χ3v) is 4.06. The van der Waals surface area contributed by atoms with Crippen molar-refractivity contribution in [3.05, 3.63) is 35.9 Å². The lowest BCUT2D eigenvalue weighted by atomic mass is 9.84. The van der Waals surface area contributed by atoms with Gasteiger partial charge in [0.2, 0.25) is 5.91 Å². The van der Waals surface area contributed by atoms with Crippen LogP contribution in [0.15, 0.2) is 30.3 Å². The number of carbonyl (C=O) groups is 2. The molecule has 1 heterocycles. The summed E-state index contributed by atoms with van der Waals surface area (Å²) in [4.78, 5) is 26.2. The SMILES string of the molecule is CCNC(=O)C1CC(c2ccccc2)CN(C(=O)NCC)C1. The van der Waals surface area contributed by atoms with Crippen molar-refractivity contribution in [2.24, 2.45) is 5.92 Å². The number of benzene rings is 1. The molecule has 1 aromatic carbocycles. The molecule has 0 bridgehead atoms. The van der Waals surface area contributed by atoms with E-state index in [9.17, 15) is 9.59 Å². The Balaban J connectivity index is 2.16. The minimum Gasteiger partial charge on any atom is -0.356 e. The molecule has 0 aliphatic carbocycles. The van der Waals surface area contributed by atoms with Gasteiger partial charge in [0.1, 0.15) is 0 Å². The van der Waals surface area contributed by atoms with Crippen molar-refractivity contribution in [3.63, 3.8) is 0 Å². The van der Waals surface area contributed by atoms with Gasteiger partial charge < -0.3 is 15.5 Å². The molecule has 0 saturated carbocycles. The van der Waals surface area contributed by atoms with Gasteiger partial charge in [-0.1, -0.05) is 30.3 Å². The second-order valence-corrected chi connectivity index (χ2v) is 5.68. The molecule has 1 aliphatic rings. The monoisotopic (exact) mass is 303 g/mol. The highest BCUT2D eigenvalue weighted by Crippen LogP contribution is 2.30. The summed E-state index contributed by atoms with van der Waals surface area (Å²) in [5.41, 5.74) is 1.19. The Morgan fingerprint density at radius 3 is 2.41 bits per heavy atom. The Kier molecular flexibility index (Phi) is 5.81. The Labute approximate surface area is 132 Å². The molecule has 5 nitrogen and oxygen atoms in total. The molecule has 3 amide bonds. The lowest BCUT2D eigenvalue weighted by Gasteiger charge is -2.37. The van der Waals surface area contributed by atoms with E-state index in [1.54, 1.807) is 4.90 Å². The molecule has 0 aromatic heterocycles. The minimum atomic E-state index is -0.151. The number of likely N-dealkylation sites (tertiary alicyclic amines) is 1. The maximum Gasteiger partial charge on any atom is 0.317 e. The Morgan fingerprint density at radius 2 is 1.77 bits per heavy atom. The summed E-state index contributed by atoms with van der Waals surface area (Å²) in [6, 6.07) is 10.0. The Hall–Kier alpha value is -2.04. The highest BCUT2D eigenvalue weighted by molar-refractivity contribution is 5.81. The van der Waals surface area contributed by atoms with Crippen LogP contribution in [0.2, 0.25) is 0 Å². The first-order valence-electron chi connectivity index (χ1n) is 8.01. The van der Waals surface area contributed by atoms with E-state index in [0.29, 0.717) is 26.2 Å². The van der Waals surface area contributed by atoms with E-state index in [0.717, 1.165) is 6.42 Å². The van der Waals surface area contributed by atoms with Gasteiger partial charge in [-0.05, 0) is 25.8 Å². The maximum absolute atomic E-state index is 12.2. The number of nitrogens with one attached hydrogen (secondary N) is 2. The summed E-state index contributed by atoms with van der Waals surface area (Å²) in [7, 11) is 0. The average Bonchev–Trinajstić information content (AvgIpc) is 2.55. The summed E-state index contributed by atoms with van der Waals surface area (Å²) < 4.78 is 0. The third kappa shape index (κ3) is 4.00. The first kappa shape index (κ1) is 16.3. The molecule has 2 N–H and O–H groups in total. The molecule has 120 valence electrons. The molecule has 1 aromatic rings. The van der Waals surface area contributed by atoms with Crippen LogP contribution < -0.4 is 10.6 Å². The molecule has 1 aliphatic heterocycles. The molecular formula is C17H25N3O2. The van der Waals surface area contributed by atoms with E-state index in [-0.39, 0.29) is 23.8 Å². The van der Waals surface area contributed by atoms with Gasteiger partial charge in [0.25, 0.3) is 0 Å². The third-order valence-electron chi connectivity index (χ3n) is 4.06. The average molecular weight is 303 g/mol. The number of hydrogen-bond acceptors (Lipinski definition) is 2. The van der Waals surface area contributed by atoms with Gasteiger partial charge in [0, 0.05) is 32.1 Å². The standard InChI is InChI=1S/C17H25N3O2/c1-3-18-16(21)15-10-14(13-8-6-5-7-9-13)11-20(12-15)17(22)19-4-2/h5-9,14-15H,3-4,10-12H2,1-2H3,(H,18,21)(H,19,22). The zero-order valence-corrected chi connectivity index (χ0v) is 13.3. The van der Waals surface area contributed by atoms with Gasteiger partial charge in [-0.15, -0.1) is 0 Å². The molecular weight excluding hydrogens is 278 g/mol. The fourth-order valence-corrected chi connectivity index (χ4v) is 3.00. The summed E-state index contributed by atoms with van der Waals surface area (Å²) >= 11 is 0. The predicted octanol–water partition coefficient (Wildman–Crippen LogP) is 1.96. The van der Waals surface area contributed by atoms with Crippen LogP contribution in [0.25, 0.3) is 0 Å². The fraction of sp³-hybridized carbons (Fsp3) is 0.529. The fourth-order valence-electron chi connectivity index (χ4n) is 3.00. The number of rotatable bonds is 4. The summed E-state index contributed by atoms with van der Waals surface area (Å²) in [5, 5.41) is 5.72. The maximum atomic E-state index is 12.2. The van der Waals surface area contributed by atoms with E-state index in [2.05, 4.69) is 22.8 Å². The molecule has 5 heteroatoms. The van der Waals surface area contributed by atoms with Crippen molar-refractivity contribution in [1.29, 1.82) is 0 Å². The second-order valence-electron chi connectivity index (χ2n) is 5.68. The first-order chi connectivity index (χ1) is 10.7. The van der Waals surface area contributed by atoms with Crippen molar-refractivity contribution in [2.45, 2.75) is 26.2 Å². The van der Waals surface area contributed by atoms with Crippen molar-refractivity contribution < 1.29 is 9.59 Å². The quantitative estimate of drug-likeness (QED) is 0.893. The Bertz CT molecular complexity index is 478. The van der Waals surface area contributed by atoms with Gasteiger partial charge in [-0.3, -0.25) is 4.79 Å². The number of carbonyl (C=O) groups excluding carboxylic acids is 2. The largest absolute Gasteiger partial charge is 0.356 e. The molecule has 0 radical (unpaired) electrons. The van der Waals surface area contributed by atoms with E-state index in [4.69, 9.17) is 0 Å². The predicted molar refractivity (Wildman–Crippen MR) is 86.6 cm³/mol. The van der Waals surface area contributed by atoms with Crippen LogP contribution in [-0.2, 0) is 4.79 Å². The second kappa shape index (κ2) is 7.82. The van der Waals surface area contributed by atoms with Crippen LogP contribution >= 0.6 is 0 Å².